The fourth-order valence-corrected chi connectivity index (χ4v) is 3.97. The molecular formula is C24H27N5O2. The molecule has 4 rings (SSSR count). The molecule has 31 heavy (non-hydrogen) atoms. The molecule has 3 aromatic rings. The van der Waals surface area contributed by atoms with E-state index in [0.717, 1.165) is 24.0 Å². The monoisotopic (exact) mass is 417 g/mol. The highest BCUT2D eigenvalue weighted by atomic mass is 16.3. The topological polar surface area (TPSA) is 95.0 Å². The quantitative estimate of drug-likeness (QED) is 0.522. The van der Waals surface area contributed by atoms with Gasteiger partial charge in [0.1, 0.15) is 0 Å². The number of benzene rings is 2. The number of aromatic amines is 1. The van der Waals surface area contributed by atoms with Crippen LogP contribution >= 0.6 is 0 Å². The molecule has 0 spiro atoms. The number of likely N-dealkylation sites (tertiary alicyclic amines) is 1. The van der Waals surface area contributed by atoms with Gasteiger partial charge in [-0.1, -0.05) is 72.0 Å². The van der Waals surface area contributed by atoms with Crippen LogP contribution in [0.15, 0.2) is 66.7 Å². The second kappa shape index (κ2) is 10.1. The van der Waals surface area contributed by atoms with Crippen molar-refractivity contribution in [3.63, 3.8) is 0 Å². The molecule has 0 aliphatic carbocycles. The third-order valence-electron chi connectivity index (χ3n) is 5.59. The summed E-state index contributed by atoms with van der Waals surface area (Å²) < 4.78 is 0. The van der Waals surface area contributed by atoms with Gasteiger partial charge in [0.15, 0.2) is 5.82 Å². The SMILES string of the molecule is O=C1CC[C@H](/C=C/[C@@H](O)Cc2ccccc2)N1Cc1cccc(CCc2nn[nH]n2)c1. The highest BCUT2D eigenvalue weighted by Gasteiger charge is 2.29. The van der Waals surface area contributed by atoms with E-state index in [-0.39, 0.29) is 11.9 Å². The van der Waals surface area contributed by atoms with Crippen LogP contribution in [0.3, 0.4) is 0 Å². The third kappa shape index (κ3) is 5.86. The van der Waals surface area contributed by atoms with Crippen LogP contribution in [0.5, 0.6) is 0 Å². The lowest BCUT2D eigenvalue weighted by atomic mass is 10.0. The molecule has 2 N–H and O–H groups in total. The van der Waals surface area contributed by atoms with E-state index in [2.05, 4.69) is 38.8 Å². The number of aryl methyl sites for hydroxylation is 2. The third-order valence-corrected chi connectivity index (χ3v) is 5.59. The Labute approximate surface area is 181 Å². The Bertz CT molecular complexity index is 1000. The number of aliphatic hydroxyl groups is 1. The molecule has 0 unspecified atom stereocenters. The van der Waals surface area contributed by atoms with Gasteiger partial charge in [0.25, 0.3) is 0 Å². The minimum absolute atomic E-state index is 0.0147. The number of nitrogens with one attached hydrogen (secondary N) is 1. The zero-order valence-corrected chi connectivity index (χ0v) is 17.4. The number of carbonyl (C=O) groups is 1. The summed E-state index contributed by atoms with van der Waals surface area (Å²) in [6, 6.07) is 18.2. The molecule has 1 fully saturated rings. The van der Waals surface area contributed by atoms with Crippen LogP contribution in [0.25, 0.3) is 0 Å². The molecule has 1 aliphatic heterocycles. The maximum Gasteiger partial charge on any atom is 0.223 e. The smallest absolute Gasteiger partial charge is 0.223 e. The molecule has 1 aliphatic rings. The van der Waals surface area contributed by atoms with Crippen LogP contribution in [0, 0.1) is 0 Å². The van der Waals surface area contributed by atoms with E-state index in [9.17, 15) is 9.90 Å². The summed E-state index contributed by atoms with van der Waals surface area (Å²) in [5.74, 6) is 0.851. The number of aromatic nitrogens is 4. The van der Waals surface area contributed by atoms with Gasteiger partial charge in [0.05, 0.1) is 12.1 Å². The van der Waals surface area contributed by atoms with Crippen LogP contribution in [0.1, 0.15) is 35.4 Å². The van der Waals surface area contributed by atoms with Gasteiger partial charge in [0, 0.05) is 25.8 Å². The van der Waals surface area contributed by atoms with Crippen LogP contribution < -0.4 is 0 Å². The molecule has 1 amide bonds. The highest BCUT2D eigenvalue weighted by Crippen LogP contribution is 2.23. The molecule has 0 radical (unpaired) electrons. The molecule has 7 nitrogen and oxygen atoms in total. The van der Waals surface area contributed by atoms with E-state index < -0.39 is 6.10 Å². The average molecular weight is 418 g/mol. The first kappa shape index (κ1) is 20.9. The Kier molecular flexibility index (Phi) is 6.84. The predicted molar refractivity (Wildman–Crippen MR) is 117 cm³/mol. The Morgan fingerprint density at radius 2 is 1.90 bits per heavy atom. The van der Waals surface area contributed by atoms with Crippen LogP contribution in [0.2, 0.25) is 0 Å². The van der Waals surface area contributed by atoms with E-state index in [1.54, 1.807) is 0 Å². The van der Waals surface area contributed by atoms with Crippen molar-refractivity contribution in [3.05, 3.63) is 89.3 Å². The summed E-state index contributed by atoms with van der Waals surface area (Å²) in [5.41, 5.74) is 3.38. The van der Waals surface area contributed by atoms with Gasteiger partial charge < -0.3 is 10.0 Å². The molecule has 1 saturated heterocycles. The summed E-state index contributed by atoms with van der Waals surface area (Å²) >= 11 is 0. The number of carbonyl (C=O) groups excluding carboxylic acids is 1. The fraction of sp³-hybridized carbons (Fsp3) is 0.333. The standard InChI is InChI=1S/C24H27N5O2/c30-22(16-18-5-2-1-3-6-18)12-10-21-11-14-24(31)29(21)17-20-8-4-7-19(15-20)9-13-23-25-27-28-26-23/h1-8,10,12,15,21-22,30H,9,11,13-14,16-17H2,(H,25,26,27,28)/b12-10+/t21-,22+/m0/s1. The maximum absolute atomic E-state index is 12.5. The molecule has 0 saturated carbocycles. The maximum atomic E-state index is 12.5. The van der Waals surface area contributed by atoms with E-state index in [1.807, 2.05) is 53.5 Å². The van der Waals surface area contributed by atoms with Gasteiger partial charge in [-0.2, -0.15) is 5.21 Å². The molecule has 7 heteroatoms. The first-order valence-corrected chi connectivity index (χ1v) is 10.7. The highest BCUT2D eigenvalue weighted by molar-refractivity contribution is 5.79. The predicted octanol–water partition coefficient (Wildman–Crippen LogP) is 2.64. The summed E-state index contributed by atoms with van der Waals surface area (Å²) in [6.45, 7) is 0.568. The molecule has 2 heterocycles. The van der Waals surface area contributed by atoms with Crippen molar-refractivity contribution >= 4 is 5.91 Å². The minimum Gasteiger partial charge on any atom is -0.389 e. The zero-order valence-electron chi connectivity index (χ0n) is 17.4. The lowest BCUT2D eigenvalue weighted by Crippen LogP contribution is -2.31. The van der Waals surface area contributed by atoms with Crippen molar-refractivity contribution < 1.29 is 9.90 Å². The van der Waals surface area contributed by atoms with Gasteiger partial charge in [-0.25, -0.2) is 0 Å². The Morgan fingerprint density at radius 3 is 2.71 bits per heavy atom. The van der Waals surface area contributed by atoms with E-state index in [1.165, 1.54) is 5.56 Å². The van der Waals surface area contributed by atoms with E-state index >= 15 is 0 Å². The first-order valence-electron chi connectivity index (χ1n) is 10.7. The second-order valence-corrected chi connectivity index (χ2v) is 7.92. The number of aliphatic hydroxyl groups excluding tert-OH is 1. The molecular weight excluding hydrogens is 390 g/mol. The van der Waals surface area contributed by atoms with Gasteiger partial charge in [-0.05, 0) is 29.5 Å². The lowest BCUT2D eigenvalue weighted by molar-refractivity contribution is -0.129. The molecule has 2 atom stereocenters. The van der Waals surface area contributed by atoms with Crippen molar-refractivity contribution in [3.8, 4) is 0 Å². The molecule has 0 bridgehead atoms. The van der Waals surface area contributed by atoms with Crippen LogP contribution in [-0.2, 0) is 30.6 Å². The van der Waals surface area contributed by atoms with Gasteiger partial charge >= 0.3 is 0 Å². The van der Waals surface area contributed by atoms with Gasteiger partial charge in [0.2, 0.25) is 5.91 Å². The molecule has 1 aromatic heterocycles. The number of hydrogen-bond acceptors (Lipinski definition) is 5. The Hall–Kier alpha value is -3.32. The van der Waals surface area contributed by atoms with Gasteiger partial charge in [-0.15, -0.1) is 10.2 Å². The lowest BCUT2D eigenvalue weighted by Gasteiger charge is -2.23. The first-order chi connectivity index (χ1) is 15.2. The van der Waals surface area contributed by atoms with Crippen LogP contribution in [-0.4, -0.2) is 48.7 Å². The van der Waals surface area contributed by atoms with Gasteiger partial charge in [-0.3, -0.25) is 4.79 Å². The van der Waals surface area contributed by atoms with E-state index in [4.69, 9.17) is 0 Å². The van der Waals surface area contributed by atoms with E-state index in [0.29, 0.717) is 31.6 Å². The summed E-state index contributed by atoms with van der Waals surface area (Å²) in [4.78, 5) is 14.4. The number of rotatable bonds is 9. The number of amides is 1. The number of H-pyrrole nitrogens is 1. The Balaban J connectivity index is 1.36. The summed E-state index contributed by atoms with van der Waals surface area (Å²) in [5, 5.41) is 24.4. The zero-order chi connectivity index (χ0) is 21.5. The number of hydrogen-bond donors (Lipinski definition) is 2. The van der Waals surface area contributed by atoms with Crippen molar-refractivity contribution in [2.45, 2.75) is 50.8 Å². The molecule has 160 valence electrons. The second-order valence-electron chi connectivity index (χ2n) is 7.92. The fourth-order valence-electron chi connectivity index (χ4n) is 3.97. The van der Waals surface area contributed by atoms with Crippen molar-refractivity contribution in [1.82, 2.24) is 25.5 Å². The Morgan fingerprint density at radius 1 is 1.10 bits per heavy atom. The number of nitrogens with zero attached hydrogens (tertiary/aromatic N) is 4. The van der Waals surface area contributed by atoms with Crippen molar-refractivity contribution in [2.75, 3.05) is 0 Å². The average Bonchev–Trinajstić information content (AvgIpc) is 3.42. The van der Waals surface area contributed by atoms with Crippen LogP contribution in [0.4, 0.5) is 0 Å². The normalized spacial score (nSPS) is 17.5. The largest absolute Gasteiger partial charge is 0.389 e. The number of tetrazole rings is 1. The molecule has 2 aromatic carbocycles. The van der Waals surface area contributed by atoms with Crippen molar-refractivity contribution in [1.29, 1.82) is 0 Å². The van der Waals surface area contributed by atoms with Crippen molar-refractivity contribution in [2.24, 2.45) is 0 Å². The minimum atomic E-state index is -0.562. The summed E-state index contributed by atoms with van der Waals surface area (Å²) in [6.07, 6.45) is 6.67. The summed E-state index contributed by atoms with van der Waals surface area (Å²) in [7, 11) is 0.